The number of aryl methyl sites for hydroxylation is 1. The smallest absolute Gasteiger partial charge is 0.303 e. The summed E-state index contributed by atoms with van der Waals surface area (Å²) in [6.45, 7) is 2.14. The molecule has 1 amide bonds. The number of amides is 1. The number of benzene rings is 1. The highest BCUT2D eigenvalue weighted by atomic mass is 16.4. The molecule has 0 aliphatic heterocycles. The Kier molecular flexibility index (Phi) is 6.36. The molecule has 0 saturated carbocycles. The van der Waals surface area contributed by atoms with E-state index in [0.29, 0.717) is 13.0 Å². The summed E-state index contributed by atoms with van der Waals surface area (Å²) in [5, 5.41) is 11.3. The predicted molar refractivity (Wildman–Crippen MR) is 74.7 cm³/mol. The molecule has 0 unspecified atom stereocenters. The van der Waals surface area contributed by atoms with Crippen LogP contribution in [0.2, 0.25) is 0 Å². The van der Waals surface area contributed by atoms with Crippen molar-refractivity contribution >= 4 is 18.0 Å². The second kappa shape index (κ2) is 8.08. The van der Waals surface area contributed by atoms with Crippen molar-refractivity contribution in [3.05, 3.63) is 41.5 Å². The molecule has 0 bridgehead atoms. The van der Waals surface area contributed by atoms with Gasteiger partial charge in [0.1, 0.15) is 0 Å². The molecule has 4 heteroatoms. The Morgan fingerprint density at radius 3 is 2.53 bits per heavy atom. The van der Waals surface area contributed by atoms with Crippen molar-refractivity contribution < 1.29 is 14.7 Å². The van der Waals surface area contributed by atoms with Crippen LogP contribution in [0.15, 0.2) is 30.3 Å². The molecule has 0 atom stereocenters. The summed E-state index contributed by atoms with van der Waals surface area (Å²) in [5.74, 6) is -0.793. The number of hydrogen-bond donors (Lipinski definition) is 2. The normalized spacial score (nSPS) is 10.6. The molecular formula is C15H19NO3. The molecule has 0 fully saturated rings. The fourth-order valence-corrected chi connectivity index (χ4v) is 1.60. The Morgan fingerprint density at radius 2 is 1.95 bits per heavy atom. The topological polar surface area (TPSA) is 66.4 Å². The molecule has 4 nitrogen and oxygen atoms in total. The molecule has 1 rings (SSSR count). The lowest BCUT2D eigenvalue weighted by Gasteiger charge is -2.00. The van der Waals surface area contributed by atoms with Crippen molar-refractivity contribution in [2.75, 3.05) is 6.54 Å². The second-order valence-corrected chi connectivity index (χ2v) is 4.31. The number of carboxylic acids is 1. The van der Waals surface area contributed by atoms with Gasteiger partial charge in [0.25, 0.3) is 0 Å². The molecule has 0 spiro atoms. The first-order valence-electron chi connectivity index (χ1n) is 6.29. The van der Waals surface area contributed by atoms with Gasteiger partial charge in [-0.1, -0.05) is 36.4 Å². The van der Waals surface area contributed by atoms with Crippen LogP contribution in [0.4, 0.5) is 0 Å². The van der Waals surface area contributed by atoms with E-state index in [9.17, 15) is 9.59 Å². The molecule has 2 N–H and O–H groups in total. The lowest BCUT2D eigenvalue weighted by molar-refractivity contribution is -0.137. The Bertz CT molecular complexity index is 449. The van der Waals surface area contributed by atoms with Gasteiger partial charge in [-0.15, -0.1) is 0 Å². The van der Waals surface area contributed by atoms with Crippen molar-refractivity contribution in [3.63, 3.8) is 0 Å². The van der Waals surface area contributed by atoms with Crippen molar-refractivity contribution in [3.8, 4) is 0 Å². The van der Waals surface area contributed by atoms with Crippen molar-refractivity contribution in [1.29, 1.82) is 0 Å². The maximum absolute atomic E-state index is 10.6. The number of aliphatic carboxylic acids is 1. The first kappa shape index (κ1) is 15.0. The van der Waals surface area contributed by atoms with E-state index in [-0.39, 0.29) is 12.3 Å². The molecule has 0 heterocycles. The van der Waals surface area contributed by atoms with Gasteiger partial charge in [0.05, 0.1) is 0 Å². The van der Waals surface area contributed by atoms with E-state index in [0.717, 1.165) is 17.5 Å². The van der Waals surface area contributed by atoms with Crippen LogP contribution in [0.5, 0.6) is 0 Å². The average Bonchev–Trinajstić information content (AvgIpc) is 2.37. The maximum Gasteiger partial charge on any atom is 0.303 e. The van der Waals surface area contributed by atoms with Gasteiger partial charge in [-0.25, -0.2) is 0 Å². The summed E-state index contributed by atoms with van der Waals surface area (Å²) in [4.78, 5) is 21.1. The first-order chi connectivity index (χ1) is 9.08. The number of hydrogen-bond acceptors (Lipinski definition) is 2. The number of rotatable bonds is 7. The number of carboxylic acid groups (broad SMARTS) is 1. The van der Waals surface area contributed by atoms with Gasteiger partial charge in [-0.05, 0) is 24.0 Å². The third-order valence-corrected chi connectivity index (χ3v) is 2.60. The molecule has 0 aromatic heterocycles. The Labute approximate surface area is 113 Å². The van der Waals surface area contributed by atoms with E-state index in [1.807, 2.05) is 36.4 Å². The fourth-order valence-electron chi connectivity index (χ4n) is 1.60. The van der Waals surface area contributed by atoms with E-state index in [1.165, 1.54) is 6.92 Å². The van der Waals surface area contributed by atoms with Crippen LogP contribution in [-0.2, 0) is 16.0 Å². The molecule has 0 radical (unpaired) electrons. The standard InChI is InChI=1S/C15H19NO3/c1-12(17)16-11-3-2-4-13-5-7-14(8-6-13)9-10-15(18)19/h2,4-8H,3,9-11H2,1H3,(H,16,17)(H,18,19). The number of carbonyl (C=O) groups is 2. The molecule has 0 aliphatic carbocycles. The lowest BCUT2D eigenvalue weighted by Crippen LogP contribution is -2.20. The van der Waals surface area contributed by atoms with Gasteiger partial charge in [0, 0.05) is 19.9 Å². The van der Waals surface area contributed by atoms with Crippen LogP contribution in [-0.4, -0.2) is 23.5 Å². The molecule has 1 aromatic rings. The van der Waals surface area contributed by atoms with Crippen molar-refractivity contribution in [2.24, 2.45) is 0 Å². The maximum atomic E-state index is 10.6. The van der Waals surface area contributed by atoms with Crippen LogP contribution in [0.3, 0.4) is 0 Å². The van der Waals surface area contributed by atoms with Gasteiger partial charge < -0.3 is 10.4 Å². The second-order valence-electron chi connectivity index (χ2n) is 4.31. The number of carbonyl (C=O) groups excluding carboxylic acids is 1. The van der Waals surface area contributed by atoms with E-state index >= 15 is 0 Å². The highest BCUT2D eigenvalue weighted by Gasteiger charge is 1.98. The summed E-state index contributed by atoms with van der Waals surface area (Å²) in [7, 11) is 0. The molecule has 0 saturated heterocycles. The van der Waals surface area contributed by atoms with Gasteiger partial charge in [0.2, 0.25) is 5.91 Å². The van der Waals surface area contributed by atoms with Gasteiger partial charge in [0.15, 0.2) is 0 Å². The quantitative estimate of drug-likeness (QED) is 0.740. The number of nitrogens with one attached hydrogen (secondary N) is 1. The lowest BCUT2D eigenvalue weighted by atomic mass is 10.1. The zero-order valence-electron chi connectivity index (χ0n) is 11.1. The van der Waals surface area contributed by atoms with Crippen LogP contribution in [0.1, 0.15) is 30.9 Å². The molecule has 0 aliphatic rings. The van der Waals surface area contributed by atoms with Gasteiger partial charge in [-0.2, -0.15) is 0 Å². The summed E-state index contributed by atoms with van der Waals surface area (Å²) in [5.41, 5.74) is 2.10. The summed E-state index contributed by atoms with van der Waals surface area (Å²) in [6, 6.07) is 7.81. The van der Waals surface area contributed by atoms with Gasteiger partial charge >= 0.3 is 5.97 Å². The highest BCUT2D eigenvalue weighted by Crippen LogP contribution is 2.08. The van der Waals surface area contributed by atoms with Crippen molar-refractivity contribution in [1.82, 2.24) is 5.32 Å². The minimum Gasteiger partial charge on any atom is -0.481 e. The molecule has 19 heavy (non-hydrogen) atoms. The largest absolute Gasteiger partial charge is 0.481 e. The molecule has 1 aromatic carbocycles. The third kappa shape index (κ3) is 7.03. The molecular weight excluding hydrogens is 242 g/mol. The fraction of sp³-hybridized carbons (Fsp3) is 0.333. The summed E-state index contributed by atoms with van der Waals surface area (Å²) in [6.07, 6.45) is 5.50. The summed E-state index contributed by atoms with van der Waals surface area (Å²) >= 11 is 0. The molecule has 102 valence electrons. The summed E-state index contributed by atoms with van der Waals surface area (Å²) < 4.78 is 0. The van der Waals surface area contributed by atoms with Crippen LogP contribution in [0.25, 0.3) is 6.08 Å². The van der Waals surface area contributed by atoms with E-state index < -0.39 is 5.97 Å². The van der Waals surface area contributed by atoms with Crippen molar-refractivity contribution in [2.45, 2.75) is 26.2 Å². The monoisotopic (exact) mass is 261 g/mol. The Balaban J connectivity index is 2.37. The first-order valence-corrected chi connectivity index (χ1v) is 6.29. The van der Waals surface area contributed by atoms with E-state index in [1.54, 1.807) is 0 Å². The highest BCUT2D eigenvalue weighted by molar-refractivity contribution is 5.72. The zero-order chi connectivity index (χ0) is 14.1. The van der Waals surface area contributed by atoms with Crippen LogP contribution < -0.4 is 5.32 Å². The SMILES string of the molecule is CC(=O)NCCC=Cc1ccc(CCC(=O)O)cc1. The minimum atomic E-state index is -0.776. The average molecular weight is 261 g/mol. The Hall–Kier alpha value is -2.10. The van der Waals surface area contributed by atoms with E-state index in [4.69, 9.17) is 5.11 Å². The van der Waals surface area contributed by atoms with Crippen LogP contribution in [0, 0.1) is 0 Å². The minimum absolute atomic E-state index is 0.0174. The predicted octanol–water partition coefficient (Wildman–Crippen LogP) is 2.24. The van der Waals surface area contributed by atoms with E-state index in [2.05, 4.69) is 5.32 Å². The Morgan fingerprint density at radius 1 is 1.26 bits per heavy atom. The zero-order valence-corrected chi connectivity index (χ0v) is 11.1. The van der Waals surface area contributed by atoms with Gasteiger partial charge in [-0.3, -0.25) is 9.59 Å². The van der Waals surface area contributed by atoms with Crippen LogP contribution >= 0.6 is 0 Å². The third-order valence-electron chi connectivity index (χ3n) is 2.60.